The van der Waals surface area contributed by atoms with E-state index in [0.717, 1.165) is 74.9 Å². The number of allylic oxidation sites excluding steroid dienone is 2. The molecule has 0 radical (unpaired) electrons. The summed E-state index contributed by atoms with van der Waals surface area (Å²) in [5.41, 5.74) is 5.75. The minimum absolute atomic E-state index is 0. The molecule has 2 aromatic carbocycles. The first-order valence-electron chi connectivity index (χ1n) is 11.3. The van der Waals surface area contributed by atoms with Crippen LogP contribution in [0.5, 0.6) is 0 Å². The zero-order valence-electron chi connectivity index (χ0n) is 18.8. The van der Waals surface area contributed by atoms with Gasteiger partial charge in [-0.1, -0.05) is 61.9 Å². The van der Waals surface area contributed by atoms with Crippen LogP contribution in [0.4, 0.5) is 11.4 Å². The Hall–Kier alpha value is -2.25. The number of hydrogen-bond donors (Lipinski definition) is 0. The summed E-state index contributed by atoms with van der Waals surface area (Å²) < 4.78 is 0. The summed E-state index contributed by atoms with van der Waals surface area (Å²) in [5.74, 6) is 0. The summed E-state index contributed by atoms with van der Waals surface area (Å²) in [6.07, 6.45) is 15.5. The Morgan fingerprint density at radius 2 is 1.35 bits per heavy atom. The first kappa shape index (κ1) is 26.8. The number of para-hydroxylation sites is 2. The van der Waals surface area contributed by atoms with Crippen molar-refractivity contribution in [3.05, 3.63) is 85.0 Å². The number of benzene rings is 2. The van der Waals surface area contributed by atoms with Crippen molar-refractivity contribution in [3.8, 4) is 0 Å². The van der Waals surface area contributed by atoms with Crippen LogP contribution >= 0.6 is 0 Å². The fraction of sp³-hybridized carbons (Fsp3) is 0.357. The van der Waals surface area contributed by atoms with Crippen molar-refractivity contribution >= 4 is 23.3 Å². The second-order valence-electron chi connectivity index (χ2n) is 7.58. The third-order valence-corrected chi connectivity index (χ3v) is 5.10. The maximum Gasteiger partial charge on any atom is 0.0665 e. The van der Waals surface area contributed by atoms with Gasteiger partial charge in [-0.15, -0.1) is 13.2 Å². The molecule has 168 valence electrons. The van der Waals surface area contributed by atoms with Gasteiger partial charge in [-0.3, -0.25) is 9.98 Å². The van der Waals surface area contributed by atoms with Crippen molar-refractivity contribution in [2.75, 3.05) is 0 Å². The van der Waals surface area contributed by atoms with Crippen LogP contribution in [0.25, 0.3) is 0 Å². The zero-order valence-corrected chi connectivity index (χ0v) is 19.8. The Morgan fingerprint density at radius 3 is 1.94 bits per heavy atom. The van der Waals surface area contributed by atoms with Gasteiger partial charge in [-0.05, 0) is 74.6 Å². The number of nitrogens with zero attached hydrogens (tertiary/aromatic N) is 2. The number of unbranched alkanes of at least 4 members (excludes halogenated alkanes) is 3. The van der Waals surface area contributed by atoms with E-state index in [4.69, 9.17) is 9.98 Å². The predicted octanol–water partition coefficient (Wildman–Crippen LogP) is 8.37. The largest absolute Gasteiger partial charge is 0.255 e. The monoisotopic (exact) mass is 458 g/mol. The Labute approximate surface area is 199 Å². The van der Waals surface area contributed by atoms with E-state index in [1.165, 1.54) is 11.1 Å². The van der Waals surface area contributed by atoms with Crippen LogP contribution in [0, 0.1) is 0 Å². The molecule has 31 heavy (non-hydrogen) atoms. The molecule has 2 rings (SSSR count). The van der Waals surface area contributed by atoms with Crippen molar-refractivity contribution in [3.63, 3.8) is 0 Å². The molecule has 0 heterocycles. The first-order chi connectivity index (χ1) is 14.8. The van der Waals surface area contributed by atoms with E-state index in [9.17, 15) is 0 Å². The summed E-state index contributed by atoms with van der Waals surface area (Å²) >= 11 is 0. The van der Waals surface area contributed by atoms with E-state index < -0.39 is 0 Å². The SMILES string of the molecule is C=CCCCc1ccccc1/N=C/C(CCCC)=N/c1ccccc1CCCC=C.[Ni]. The first-order valence-corrected chi connectivity index (χ1v) is 11.3. The van der Waals surface area contributed by atoms with Crippen molar-refractivity contribution in [1.29, 1.82) is 0 Å². The minimum atomic E-state index is 0. The summed E-state index contributed by atoms with van der Waals surface area (Å²) in [6.45, 7) is 9.87. The molecule has 0 amide bonds. The average molecular weight is 459 g/mol. The molecular formula is C28H36N2Ni. The molecule has 0 fully saturated rings. The maximum atomic E-state index is 5.02. The maximum absolute atomic E-state index is 5.02. The van der Waals surface area contributed by atoms with Gasteiger partial charge in [0.2, 0.25) is 0 Å². The number of aryl methyl sites for hydroxylation is 2. The van der Waals surface area contributed by atoms with Crippen LogP contribution in [0.2, 0.25) is 0 Å². The summed E-state index contributed by atoms with van der Waals surface area (Å²) in [7, 11) is 0. The van der Waals surface area contributed by atoms with Crippen LogP contribution in [0.3, 0.4) is 0 Å². The molecule has 0 aromatic heterocycles. The van der Waals surface area contributed by atoms with Gasteiger partial charge in [0.15, 0.2) is 0 Å². The average Bonchev–Trinajstić information content (AvgIpc) is 2.77. The van der Waals surface area contributed by atoms with Crippen LogP contribution < -0.4 is 0 Å². The zero-order chi connectivity index (χ0) is 21.4. The molecule has 0 aliphatic rings. The van der Waals surface area contributed by atoms with Gasteiger partial charge in [-0.2, -0.15) is 0 Å². The van der Waals surface area contributed by atoms with Crippen LogP contribution in [-0.4, -0.2) is 11.9 Å². The molecule has 2 aromatic rings. The van der Waals surface area contributed by atoms with E-state index >= 15 is 0 Å². The molecule has 0 atom stereocenters. The van der Waals surface area contributed by atoms with E-state index in [2.05, 4.69) is 68.6 Å². The quantitative estimate of drug-likeness (QED) is 0.117. The molecule has 0 saturated carbocycles. The van der Waals surface area contributed by atoms with Crippen molar-refractivity contribution < 1.29 is 16.5 Å². The molecule has 0 N–H and O–H groups in total. The Morgan fingerprint density at radius 1 is 0.806 bits per heavy atom. The molecule has 0 bridgehead atoms. The molecule has 3 heteroatoms. The standard InChI is InChI=1S/C28H36N2.Ni/c1-4-7-10-16-24-18-12-14-21-27(24)29-23-26(20-9-6-3)30-28-22-15-13-19-25(28)17-11-8-5-2;/h4-5,12-15,18-19,21-23H,1-2,6-11,16-17,20H2,3H3;/b29-23+,30-26+;. The molecular weight excluding hydrogens is 423 g/mol. The summed E-state index contributed by atoms with van der Waals surface area (Å²) in [5, 5.41) is 0. The summed E-state index contributed by atoms with van der Waals surface area (Å²) in [6, 6.07) is 16.9. The van der Waals surface area contributed by atoms with Crippen LogP contribution in [-0.2, 0) is 29.3 Å². The predicted molar refractivity (Wildman–Crippen MR) is 134 cm³/mol. The van der Waals surface area contributed by atoms with Gasteiger partial charge in [-0.25, -0.2) is 0 Å². The van der Waals surface area contributed by atoms with Crippen molar-refractivity contribution in [2.24, 2.45) is 9.98 Å². The van der Waals surface area contributed by atoms with Crippen molar-refractivity contribution in [2.45, 2.75) is 64.7 Å². The Bertz CT molecular complexity index is 852. The van der Waals surface area contributed by atoms with E-state index in [0.29, 0.717) is 0 Å². The third kappa shape index (κ3) is 10.1. The molecule has 0 aliphatic heterocycles. The number of hydrogen-bond acceptors (Lipinski definition) is 2. The fourth-order valence-corrected chi connectivity index (χ4v) is 3.36. The second-order valence-corrected chi connectivity index (χ2v) is 7.58. The third-order valence-electron chi connectivity index (χ3n) is 5.10. The number of rotatable bonds is 14. The summed E-state index contributed by atoms with van der Waals surface area (Å²) in [4.78, 5) is 9.87. The van der Waals surface area contributed by atoms with Gasteiger partial charge in [0.1, 0.15) is 0 Å². The molecule has 0 unspecified atom stereocenters. The molecule has 0 aliphatic carbocycles. The van der Waals surface area contributed by atoms with Gasteiger partial charge < -0.3 is 0 Å². The number of aliphatic imine (C=N–C) groups is 2. The normalized spacial score (nSPS) is 11.3. The Kier molecular flexibility index (Phi) is 14.2. The smallest absolute Gasteiger partial charge is 0.0665 e. The fourth-order valence-electron chi connectivity index (χ4n) is 3.36. The molecule has 0 saturated heterocycles. The van der Waals surface area contributed by atoms with E-state index in [1.54, 1.807) is 0 Å². The van der Waals surface area contributed by atoms with E-state index in [1.807, 2.05) is 18.4 Å². The second kappa shape index (κ2) is 16.4. The van der Waals surface area contributed by atoms with Gasteiger partial charge >= 0.3 is 0 Å². The Balaban J connectivity index is 0.00000480. The van der Waals surface area contributed by atoms with Gasteiger partial charge in [0.25, 0.3) is 0 Å². The van der Waals surface area contributed by atoms with Crippen LogP contribution in [0.1, 0.15) is 63.0 Å². The topological polar surface area (TPSA) is 24.7 Å². The molecule has 0 spiro atoms. The van der Waals surface area contributed by atoms with E-state index in [-0.39, 0.29) is 16.5 Å². The van der Waals surface area contributed by atoms with Gasteiger partial charge in [0, 0.05) is 22.7 Å². The minimum Gasteiger partial charge on any atom is -0.255 e. The van der Waals surface area contributed by atoms with Gasteiger partial charge in [0.05, 0.1) is 17.1 Å². The van der Waals surface area contributed by atoms with Crippen LogP contribution in [0.15, 0.2) is 83.8 Å². The molecule has 2 nitrogen and oxygen atoms in total. The van der Waals surface area contributed by atoms with Crippen molar-refractivity contribution in [1.82, 2.24) is 0 Å².